The van der Waals surface area contributed by atoms with Crippen molar-refractivity contribution in [3.8, 4) is 0 Å². The fraction of sp³-hybridized carbons (Fsp3) is 1.00. The third kappa shape index (κ3) is 2.96. The van der Waals surface area contributed by atoms with Crippen LogP contribution in [0.1, 0.15) is 45.4 Å². The maximum Gasteiger partial charge on any atom is 0.0774 e. The van der Waals surface area contributed by atoms with Crippen molar-refractivity contribution in [1.29, 1.82) is 0 Å². The zero-order valence-electron chi connectivity index (χ0n) is 10.4. The van der Waals surface area contributed by atoms with Gasteiger partial charge in [0.1, 0.15) is 0 Å². The molecule has 2 unspecified atom stereocenters. The average molecular weight is 227 g/mol. The predicted molar refractivity (Wildman–Crippen MR) is 64.3 cm³/mol. The van der Waals surface area contributed by atoms with E-state index in [0.29, 0.717) is 5.92 Å². The minimum absolute atomic E-state index is 0.207. The fourth-order valence-electron chi connectivity index (χ4n) is 3.04. The van der Waals surface area contributed by atoms with Gasteiger partial charge in [0.25, 0.3) is 0 Å². The van der Waals surface area contributed by atoms with Gasteiger partial charge in [-0.05, 0) is 31.7 Å². The molecule has 0 aromatic rings. The molecule has 0 bridgehead atoms. The van der Waals surface area contributed by atoms with Crippen LogP contribution >= 0.6 is 0 Å². The molecule has 2 aliphatic rings. The van der Waals surface area contributed by atoms with Crippen LogP contribution in [-0.2, 0) is 0 Å². The first-order valence-electron chi connectivity index (χ1n) is 6.72. The summed E-state index contributed by atoms with van der Waals surface area (Å²) in [5, 5.41) is 20.3. The summed E-state index contributed by atoms with van der Waals surface area (Å²) in [5.74, 6) is 0.414. The van der Waals surface area contributed by atoms with E-state index in [0.717, 1.165) is 51.7 Å². The zero-order chi connectivity index (χ0) is 11.6. The summed E-state index contributed by atoms with van der Waals surface area (Å²) in [6, 6.07) is 0. The molecule has 1 aliphatic heterocycles. The summed E-state index contributed by atoms with van der Waals surface area (Å²) in [5.41, 5.74) is -0.474. The molecule has 0 aromatic heterocycles. The number of piperidine rings is 1. The average Bonchev–Trinajstić information content (AvgIpc) is 2.24. The molecule has 1 heterocycles. The summed E-state index contributed by atoms with van der Waals surface area (Å²) < 4.78 is 0. The smallest absolute Gasteiger partial charge is 0.0774 e. The van der Waals surface area contributed by atoms with Gasteiger partial charge in [0.2, 0.25) is 0 Å². The van der Waals surface area contributed by atoms with Crippen molar-refractivity contribution in [2.45, 2.75) is 57.2 Å². The van der Waals surface area contributed by atoms with Gasteiger partial charge in [-0.1, -0.05) is 26.2 Å². The van der Waals surface area contributed by atoms with Crippen molar-refractivity contribution in [2.24, 2.45) is 5.92 Å². The Kier molecular flexibility index (Phi) is 3.88. The number of likely N-dealkylation sites (tertiary alicyclic amines) is 1. The second-order valence-corrected chi connectivity index (χ2v) is 5.85. The van der Waals surface area contributed by atoms with Crippen LogP contribution in [0.4, 0.5) is 0 Å². The number of rotatable bonds is 2. The molecular formula is C13H25NO2. The summed E-state index contributed by atoms with van der Waals surface area (Å²) in [7, 11) is 0. The van der Waals surface area contributed by atoms with E-state index < -0.39 is 5.60 Å². The summed E-state index contributed by atoms with van der Waals surface area (Å²) in [4.78, 5) is 2.25. The Morgan fingerprint density at radius 1 is 1.25 bits per heavy atom. The third-order valence-corrected chi connectivity index (χ3v) is 4.30. The zero-order valence-corrected chi connectivity index (χ0v) is 10.4. The van der Waals surface area contributed by atoms with Crippen molar-refractivity contribution in [1.82, 2.24) is 4.90 Å². The van der Waals surface area contributed by atoms with Gasteiger partial charge in [0.15, 0.2) is 0 Å². The van der Waals surface area contributed by atoms with Crippen LogP contribution in [0, 0.1) is 5.92 Å². The van der Waals surface area contributed by atoms with Gasteiger partial charge in [-0.3, -0.25) is 4.90 Å². The molecule has 3 nitrogen and oxygen atoms in total. The quantitative estimate of drug-likeness (QED) is 0.749. The van der Waals surface area contributed by atoms with Gasteiger partial charge in [-0.25, -0.2) is 0 Å². The van der Waals surface area contributed by atoms with Gasteiger partial charge in [-0.2, -0.15) is 0 Å². The third-order valence-electron chi connectivity index (χ3n) is 4.30. The molecule has 0 amide bonds. The Balaban J connectivity index is 1.84. The molecule has 3 heteroatoms. The molecule has 1 aliphatic carbocycles. The minimum atomic E-state index is -0.474. The fourth-order valence-corrected chi connectivity index (χ4v) is 3.04. The molecule has 0 radical (unpaired) electrons. The topological polar surface area (TPSA) is 43.7 Å². The van der Waals surface area contributed by atoms with Crippen LogP contribution in [0.3, 0.4) is 0 Å². The molecule has 94 valence electrons. The van der Waals surface area contributed by atoms with E-state index in [1.165, 1.54) is 6.42 Å². The van der Waals surface area contributed by atoms with E-state index in [9.17, 15) is 10.2 Å². The molecule has 2 rings (SSSR count). The lowest BCUT2D eigenvalue weighted by atomic mass is 9.83. The number of hydrogen-bond donors (Lipinski definition) is 2. The Hall–Kier alpha value is -0.120. The molecule has 0 spiro atoms. The largest absolute Gasteiger partial charge is 0.392 e. The lowest BCUT2D eigenvalue weighted by Gasteiger charge is -2.41. The van der Waals surface area contributed by atoms with E-state index in [2.05, 4.69) is 11.8 Å². The van der Waals surface area contributed by atoms with E-state index in [-0.39, 0.29) is 6.10 Å². The van der Waals surface area contributed by atoms with Crippen LogP contribution in [0.5, 0.6) is 0 Å². The lowest BCUT2D eigenvalue weighted by molar-refractivity contribution is -0.0521. The number of aliphatic hydroxyl groups is 2. The van der Waals surface area contributed by atoms with Crippen molar-refractivity contribution in [3.05, 3.63) is 0 Å². The summed E-state index contributed by atoms with van der Waals surface area (Å²) in [6.07, 6.45) is 6.30. The number of nitrogens with zero attached hydrogens (tertiary/aromatic N) is 1. The van der Waals surface area contributed by atoms with Crippen LogP contribution in [0.25, 0.3) is 0 Å². The first kappa shape index (κ1) is 12.3. The maximum atomic E-state index is 10.5. The van der Waals surface area contributed by atoms with Crippen LogP contribution in [0.2, 0.25) is 0 Å². The second kappa shape index (κ2) is 5.03. The number of β-amino-alcohol motifs (C(OH)–C–C–N with tert-alkyl or cyclic N) is 2. The monoisotopic (exact) mass is 227 g/mol. The van der Waals surface area contributed by atoms with Crippen LogP contribution < -0.4 is 0 Å². The molecule has 2 fully saturated rings. The first-order valence-corrected chi connectivity index (χ1v) is 6.72. The molecule has 1 saturated heterocycles. The van der Waals surface area contributed by atoms with Gasteiger partial charge in [0.05, 0.1) is 11.7 Å². The second-order valence-electron chi connectivity index (χ2n) is 5.85. The van der Waals surface area contributed by atoms with Crippen LogP contribution in [0.15, 0.2) is 0 Å². The molecule has 16 heavy (non-hydrogen) atoms. The van der Waals surface area contributed by atoms with Crippen molar-refractivity contribution in [3.63, 3.8) is 0 Å². The number of hydrogen-bond acceptors (Lipinski definition) is 3. The molecule has 2 N–H and O–H groups in total. The van der Waals surface area contributed by atoms with Gasteiger partial charge in [0, 0.05) is 13.1 Å². The van der Waals surface area contributed by atoms with Gasteiger partial charge >= 0.3 is 0 Å². The van der Waals surface area contributed by atoms with Crippen molar-refractivity contribution >= 4 is 0 Å². The standard InChI is InChI=1S/C13H25NO2/c1-11-5-8-14(9-12(11)15)10-13(16)6-3-2-4-7-13/h11-12,15-16H,2-10H2,1H3. The Labute approximate surface area is 98.5 Å². The highest BCUT2D eigenvalue weighted by atomic mass is 16.3. The lowest BCUT2D eigenvalue weighted by Crippen LogP contribution is -2.50. The molecule has 0 aromatic carbocycles. The Morgan fingerprint density at radius 2 is 1.94 bits per heavy atom. The van der Waals surface area contributed by atoms with E-state index >= 15 is 0 Å². The minimum Gasteiger partial charge on any atom is -0.392 e. The van der Waals surface area contributed by atoms with Gasteiger partial charge < -0.3 is 10.2 Å². The molecule has 2 atom stereocenters. The normalized spacial score (nSPS) is 36.2. The van der Waals surface area contributed by atoms with Crippen LogP contribution in [-0.4, -0.2) is 46.5 Å². The van der Waals surface area contributed by atoms with Crippen molar-refractivity contribution < 1.29 is 10.2 Å². The highest BCUT2D eigenvalue weighted by molar-refractivity contribution is 4.88. The van der Waals surface area contributed by atoms with Gasteiger partial charge in [-0.15, -0.1) is 0 Å². The molecular weight excluding hydrogens is 202 g/mol. The maximum absolute atomic E-state index is 10.5. The highest BCUT2D eigenvalue weighted by Gasteiger charge is 2.34. The summed E-state index contributed by atoms with van der Waals surface area (Å²) in [6.45, 7) is 4.64. The van der Waals surface area contributed by atoms with E-state index in [1.54, 1.807) is 0 Å². The summed E-state index contributed by atoms with van der Waals surface area (Å²) >= 11 is 0. The Bertz CT molecular complexity index is 226. The Morgan fingerprint density at radius 3 is 2.56 bits per heavy atom. The number of aliphatic hydroxyl groups excluding tert-OH is 1. The SMILES string of the molecule is CC1CCN(CC2(O)CCCCC2)CC1O. The van der Waals surface area contributed by atoms with E-state index in [4.69, 9.17) is 0 Å². The predicted octanol–water partition coefficient (Wildman–Crippen LogP) is 1.38. The first-order chi connectivity index (χ1) is 7.59. The van der Waals surface area contributed by atoms with Crippen molar-refractivity contribution in [2.75, 3.05) is 19.6 Å². The highest BCUT2D eigenvalue weighted by Crippen LogP contribution is 2.30. The van der Waals surface area contributed by atoms with E-state index in [1.807, 2.05) is 0 Å². The molecule has 1 saturated carbocycles.